The summed E-state index contributed by atoms with van der Waals surface area (Å²) in [5, 5.41) is 10.5. The molecule has 0 saturated carbocycles. The van der Waals surface area contributed by atoms with Crippen LogP contribution in [-0.4, -0.2) is 12.8 Å². The first-order valence-corrected chi connectivity index (χ1v) is 11.1. The molecule has 0 aliphatic heterocycles. The Balaban J connectivity index is 1.74. The van der Waals surface area contributed by atoms with Crippen molar-refractivity contribution in [1.29, 1.82) is 5.26 Å². The highest BCUT2D eigenvalue weighted by atomic mass is 32.1. The molecule has 4 heteroatoms. The van der Waals surface area contributed by atoms with Crippen LogP contribution in [0.1, 0.15) is 68.5 Å². The van der Waals surface area contributed by atoms with E-state index in [0.717, 1.165) is 60.6 Å². The second-order valence-corrected chi connectivity index (χ2v) is 9.71. The molecule has 1 heterocycles. The number of rotatable bonds is 6. The van der Waals surface area contributed by atoms with Gasteiger partial charge in [0.1, 0.15) is 16.8 Å². The van der Waals surface area contributed by atoms with Crippen LogP contribution in [0, 0.1) is 22.7 Å². The summed E-state index contributed by atoms with van der Waals surface area (Å²) in [7, 11) is 0. The van der Waals surface area contributed by atoms with Crippen molar-refractivity contribution < 1.29 is 4.74 Å². The summed E-state index contributed by atoms with van der Waals surface area (Å²) in [4.78, 5) is 6.03. The molecule has 28 heavy (non-hydrogen) atoms. The van der Waals surface area contributed by atoms with Gasteiger partial charge in [-0.05, 0) is 72.4 Å². The number of nitriles is 1. The van der Waals surface area contributed by atoms with Gasteiger partial charge in [-0.1, -0.05) is 34.1 Å². The molecule has 2 aromatic rings. The minimum atomic E-state index is 0.304. The van der Waals surface area contributed by atoms with Crippen LogP contribution in [0.15, 0.2) is 29.3 Å². The molecule has 0 N–H and O–H groups in total. The van der Waals surface area contributed by atoms with Gasteiger partial charge < -0.3 is 4.74 Å². The molecule has 148 valence electrons. The number of ether oxygens (including phenoxy) is 1. The minimum absolute atomic E-state index is 0.304. The zero-order valence-electron chi connectivity index (χ0n) is 17.4. The zero-order chi connectivity index (χ0) is 20.1. The number of aliphatic imine (C=N–C) groups is 1. The minimum Gasteiger partial charge on any atom is -0.494 e. The first kappa shape index (κ1) is 20.6. The lowest BCUT2D eigenvalue weighted by atomic mass is 9.72. The molecular formula is C24H30N2OS. The number of thiophene rings is 1. The third kappa shape index (κ3) is 4.83. The Hall–Kier alpha value is -2.12. The Morgan fingerprint density at radius 3 is 2.68 bits per heavy atom. The molecule has 0 saturated heterocycles. The van der Waals surface area contributed by atoms with Crippen LogP contribution in [0.25, 0.3) is 0 Å². The molecule has 0 unspecified atom stereocenters. The van der Waals surface area contributed by atoms with E-state index in [1.165, 1.54) is 10.4 Å². The van der Waals surface area contributed by atoms with Gasteiger partial charge in [-0.15, -0.1) is 11.3 Å². The molecule has 1 atom stereocenters. The third-order valence-corrected chi connectivity index (χ3v) is 6.72. The average Bonchev–Trinajstić information content (AvgIpc) is 3.03. The van der Waals surface area contributed by atoms with E-state index in [4.69, 9.17) is 4.74 Å². The third-order valence-electron chi connectivity index (χ3n) is 5.56. The number of benzene rings is 1. The van der Waals surface area contributed by atoms with Crippen LogP contribution in [0.2, 0.25) is 0 Å². The topological polar surface area (TPSA) is 45.4 Å². The van der Waals surface area contributed by atoms with Crippen molar-refractivity contribution in [3.63, 3.8) is 0 Å². The van der Waals surface area contributed by atoms with Crippen molar-refractivity contribution in [3.8, 4) is 11.8 Å². The van der Waals surface area contributed by atoms with Gasteiger partial charge in [0.15, 0.2) is 0 Å². The van der Waals surface area contributed by atoms with Crippen molar-refractivity contribution in [2.45, 2.75) is 59.8 Å². The second-order valence-electron chi connectivity index (χ2n) is 8.63. The Morgan fingerprint density at radius 2 is 2.04 bits per heavy atom. The lowest BCUT2D eigenvalue weighted by Crippen LogP contribution is -2.26. The summed E-state index contributed by atoms with van der Waals surface area (Å²) in [6.45, 7) is 9.86. The quantitative estimate of drug-likeness (QED) is 0.404. The van der Waals surface area contributed by atoms with Gasteiger partial charge in [0.05, 0.1) is 12.2 Å². The van der Waals surface area contributed by atoms with Gasteiger partial charge in [-0.3, -0.25) is 0 Å². The van der Waals surface area contributed by atoms with E-state index in [2.05, 4.69) is 38.8 Å². The standard InChI is InChI=1S/C24H30N2OS/c1-5-6-13-27-19-10-7-17(8-11-19)16-26-23-21(15-25)20-12-9-18(24(2,3)4)14-22(20)28-23/h7-8,10-11,16,18H,5-6,9,12-14H2,1-4H3/t18-/m1/s1. The largest absolute Gasteiger partial charge is 0.494 e. The molecule has 0 radical (unpaired) electrons. The van der Waals surface area contributed by atoms with Crippen LogP contribution in [0.3, 0.4) is 0 Å². The Bertz CT molecular complexity index is 866. The highest BCUT2D eigenvalue weighted by molar-refractivity contribution is 7.16. The fraction of sp³-hybridized carbons (Fsp3) is 0.500. The SMILES string of the molecule is CCCCOc1ccc(C=Nc2sc3c(c2C#N)CC[C@@H](C(C)(C)C)C3)cc1. The number of hydrogen-bond acceptors (Lipinski definition) is 4. The molecule has 3 nitrogen and oxygen atoms in total. The predicted octanol–water partition coefficient (Wildman–Crippen LogP) is 6.70. The smallest absolute Gasteiger partial charge is 0.134 e. The van der Waals surface area contributed by atoms with Crippen LogP contribution in [0.4, 0.5) is 5.00 Å². The van der Waals surface area contributed by atoms with Crippen LogP contribution >= 0.6 is 11.3 Å². The van der Waals surface area contributed by atoms with E-state index in [-0.39, 0.29) is 0 Å². The summed E-state index contributed by atoms with van der Waals surface area (Å²) in [6.07, 6.45) is 7.28. The van der Waals surface area contributed by atoms with Crippen molar-refractivity contribution >= 4 is 22.6 Å². The van der Waals surface area contributed by atoms with Crippen LogP contribution < -0.4 is 4.74 Å². The van der Waals surface area contributed by atoms with Gasteiger partial charge in [0.2, 0.25) is 0 Å². The lowest BCUT2D eigenvalue weighted by Gasteiger charge is -2.33. The summed E-state index contributed by atoms with van der Waals surface area (Å²) in [5.74, 6) is 1.56. The molecule has 1 aliphatic rings. The molecular weight excluding hydrogens is 364 g/mol. The first-order chi connectivity index (χ1) is 13.4. The molecule has 0 fully saturated rings. The average molecular weight is 395 g/mol. The molecule has 0 spiro atoms. The van der Waals surface area contributed by atoms with Gasteiger partial charge >= 0.3 is 0 Å². The van der Waals surface area contributed by atoms with Crippen LogP contribution in [-0.2, 0) is 12.8 Å². The number of nitrogens with zero attached hydrogens (tertiary/aromatic N) is 2. The Labute approximate surface area is 173 Å². The van der Waals surface area contributed by atoms with Gasteiger partial charge in [0.25, 0.3) is 0 Å². The van der Waals surface area contributed by atoms with Gasteiger partial charge in [-0.2, -0.15) is 5.26 Å². The number of hydrogen-bond donors (Lipinski definition) is 0. The fourth-order valence-corrected chi connectivity index (χ4v) is 4.86. The maximum Gasteiger partial charge on any atom is 0.134 e. The number of fused-ring (bicyclic) bond motifs is 1. The van der Waals surface area contributed by atoms with Gasteiger partial charge in [-0.25, -0.2) is 4.99 Å². The normalized spacial score (nSPS) is 16.8. The summed E-state index contributed by atoms with van der Waals surface area (Å²) in [5.41, 5.74) is 3.34. The highest BCUT2D eigenvalue weighted by Crippen LogP contribution is 2.44. The molecule has 0 bridgehead atoms. The van der Waals surface area contributed by atoms with Crippen molar-refractivity contribution in [2.24, 2.45) is 16.3 Å². The number of unbranched alkanes of at least 4 members (excludes halogenated alkanes) is 1. The second kappa shape index (κ2) is 8.92. The molecule has 1 aromatic carbocycles. The van der Waals surface area contributed by atoms with Crippen molar-refractivity contribution in [2.75, 3.05) is 6.61 Å². The molecule has 1 aliphatic carbocycles. The van der Waals surface area contributed by atoms with Crippen LogP contribution in [0.5, 0.6) is 5.75 Å². The maximum absolute atomic E-state index is 9.69. The Kier molecular flexibility index (Phi) is 6.57. The summed E-state index contributed by atoms with van der Waals surface area (Å²) >= 11 is 1.70. The van der Waals surface area contributed by atoms with E-state index in [1.807, 2.05) is 30.5 Å². The van der Waals surface area contributed by atoms with E-state index in [1.54, 1.807) is 11.3 Å². The first-order valence-electron chi connectivity index (χ1n) is 10.2. The summed E-state index contributed by atoms with van der Waals surface area (Å²) < 4.78 is 5.71. The van der Waals surface area contributed by atoms with Crippen molar-refractivity contribution in [3.05, 3.63) is 45.8 Å². The van der Waals surface area contributed by atoms with Gasteiger partial charge in [0, 0.05) is 11.1 Å². The van der Waals surface area contributed by atoms with E-state index < -0.39 is 0 Å². The Morgan fingerprint density at radius 1 is 1.29 bits per heavy atom. The monoisotopic (exact) mass is 394 g/mol. The van der Waals surface area contributed by atoms with E-state index in [0.29, 0.717) is 11.3 Å². The van der Waals surface area contributed by atoms with Crippen molar-refractivity contribution in [1.82, 2.24) is 0 Å². The van der Waals surface area contributed by atoms with E-state index in [9.17, 15) is 5.26 Å². The van der Waals surface area contributed by atoms with E-state index >= 15 is 0 Å². The molecule has 1 aromatic heterocycles. The molecule has 3 rings (SSSR count). The maximum atomic E-state index is 9.69. The zero-order valence-corrected chi connectivity index (χ0v) is 18.2. The fourth-order valence-electron chi connectivity index (χ4n) is 3.63. The summed E-state index contributed by atoms with van der Waals surface area (Å²) in [6, 6.07) is 10.4. The lowest BCUT2D eigenvalue weighted by molar-refractivity contribution is 0.218. The highest BCUT2D eigenvalue weighted by Gasteiger charge is 2.32. The predicted molar refractivity (Wildman–Crippen MR) is 118 cm³/mol. The molecule has 0 amide bonds.